The predicted molar refractivity (Wildman–Crippen MR) is 63.6 cm³/mol. The fraction of sp³-hybridized carbons (Fsp3) is 0.667. The molecule has 5 heteroatoms. The van der Waals surface area contributed by atoms with E-state index in [1.165, 1.54) is 6.20 Å². The summed E-state index contributed by atoms with van der Waals surface area (Å²) in [6, 6.07) is 0. The second kappa shape index (κ2) is 6.39. The summed E-state index contributed by atoms with van der Waals surface area (Å²) in [4.78, 5) is 11.6. The maximum Gasteiger partial charge on any atom is 0.341 e. The van der Waals surface area contributed by atoms with Gasteiger partial charge in [-0.15, -0.1) is 0 Å². The number of nitrogens with one attached hydrogen (secondary N) is 1. The molecule has 0 spiro atoms. The third kappa shape index (κ3) is 3.85. The van der Waals surface area contributed by atoms with Crippen molar-refractivity contribution in [1.29, 1.82) is 0 Å². The first-order valence-corrected chi connectivity index (χ1v) is 5.87. The Morgan fingerprint density at radius 1 is 1.47 bits per heavy atom. The molecular formula is C12H20N2O3. The zero-order valence-electron chi connectivity index (χ0n) is 10.8. The molecule has 0 saturated heterocycles. The lowest BCUT2D eigenvalue weighted by molar-refractivity contribution is 0.0205. The van der Waals surface area contributed by atoms with Gasteiger partial charge in [0, 0.05) is 0 Å². The van der Waals surface area contributed by atoms with Gasteiger partial charge in [-0.1, -0.05) is 13.8 Å². The smallest absolute Gasteiger partial charge is 0.341 e. The first kappa shape index (κ1) is 13.7. The van der Waals surface area contributed by atoms with Crippen LogP contribution in [0.1, 0.15) is 43.7 Å². The second-order valence-electron chi connectivity index (χ2n) is 4.24. The van der Waals surface area contributed by atoms with Gasteiger partial charge in [0.05, 0.1) is 31.2 Å². The number of carbonyl (C=O) groups is 1. The molecule has 5 nitrogen and oxygen atoms in total. The molecule has 0 aromatic carbocycles. The van der Waals surface area contributed by atoms with Crippen molar-refractivity contribution in [3.8, 4) is 0 Å². The van der Waals surface area contributed by atoms with E-state index in [0.717, 1.165) is 0 Å². The van der Waals surface area contributed by atoms with Gasteiger partial charge < -0.3 is 9.47 Å². The highest BCUT2D eigenvalue weighted by molar-refractivity contribution is 5.90. The Balaban J connectivity index is 2.60. The minimum Gasteiger partial charge on any atom is -0.462 e. The summed E-state index contributed by atoms with van der Waals surface area (Å²) in [7, 11) is 0. The molecule has 0 fully saturated rings. The second-order valence-corrected chi connectivity index (χ2v) is 4.24. The molecule has 17 heavy (non-hydrogen) atoms. The quantitative estimate of drug-likeness (QED) is 0.774. The summed E-state index contributed by atoms with van der Waals surface area (Å²) in [5.74, 6) is 0.0704. The van der Waals surface area contributed by atoms with E-state index in [1.807, 2.05) is 6.92 Å². The third-order valence-electron chi connectivity index (χ3n) is 2.64. The molecule has 1 N–H and O–H groups in total. The summed E-state index contributed by atoms with van der Waals surface area (Å²) >= 11 is 0. The highest BCUT2D eigenvalue weighted by Crippen LogP contribution is 2.12. The standard InChI is InChI=1S/C12H20N2O3/c1-5-16-12(15)10-6-13-14-11(10)7-17-9(4)8(2)3/h6,8-9H,5,7H2,1-4H3,(H,13,14). The van der Waals surface area contributed by atoms with Crippen molar-refractivity contribution in [3.05, 3.63) is 17.5 Å². The van der Waals surface area contributed by atoms with Gasteiger partial charge in [-0.3, -0.25) is 5.10 Å². The van der Waals surface area contributed by atoms with Crippen LogP contribution in [-0.2, 0) is 16.1 Å². The van der Waals surface area contributed by atoms with Gasteiger partial charge in [0.2, 0.25) is 0 Å². The van der Waals surface area contributed by atoms with Crippen LogP contribution in [0.15, 0.2) is 6.20 Å². The number of H-pyrrole nitrogens is 1. The van der Waals surface area contributed by atoms with Gasteiger partial charge in [-0.2, -0.15) is 5.10 Å². The average molecular weight is 240 g/mol. The topological polar surface area (TPSA) is 64.2 Å². The number of carbonyl (C=O) groups excluding carboxylic acids is 1. The van der Waals surface area contributed by atoms with E-state index in [-0.39, 0.29) is 12.1 Å². The number of esters is 1. The Morgan fingerprint density at radius 3 is 2.76 bits per heavy atom. The SMILES string of the molecule is CCOC(=O)c1cn[nH]c1COC(C)C(C)C. The number of hydrogen-bond donors (Lipinski definition) is 1. The zero-order chi connectivity index (χ0) is 12.8. The largest absolute Gasteiger partial charge is 0.462 e. The molecule has 1 aromatic heterocycles. The fourth-order valence-electron chi connectivity index (χ4n) is 1.21. The van der Waals surface area contributed by atoms with Crippen LogP contribution >= 0.6 is 0 Å². The van der Waals surface area contributed by atoms with E-state index in [2.05, 4.69) is 24.0 Å². The molecular weight excluding hydrogens is 220 g/mol. The Bertz CT molecular complexity index is 360. The lowest BCUT2D eigenvalue weighted by atomic mass is 10.1. The Labute approximate surface area is 102 Å². The summed E-state index contributed by atoms with van der Waals surface area (Å²) in [6.45, 7) is 8.65. The maximum atomic E-state index is 11.6. The van der Waals surface area contributed by atoms with E-state index in [4.69, 9.17) is 9.47 Å². The molecule has 1 rings (SSSR count). The van der Waals surface area contributed by atoms with Gasteiger partial charge in [0.15, 0.2) is 0 Å². The van der Waals surface area contributed by atoms with Crippen LogP contribution in [0.25, 0.3) is 0 Å². The Morgan fingerprint density at radius 2 is 2.18 bits per heavy atom. The van der Waals surface area contributed by atoms with Crippen LogP contribution in [0.5, 0.6) is 0 Å². The molecule has 1 atom stereocenters. The summed E-state index contributed by atoms with van der Waals surface area (Å²) in [6.07, 6.45) is 1.60. The fourth-order valence-corrected chi connectivity index (χ4v) is 1.21. The van der Waals surface area contributed by atoms with E-state index in [0.29, 0.717) is 30.4 Å². The first-order chi connectivity index (χ1) is 8.06. The zero-order valence-corrected chi connectivity index (χ0v) is 10.8. The number of hydrogen-bond acceptors (Lipinski definition) is 4. The molecule has 0 bridgehead atoms. The monoisotopic (exact) mass is 240 g/mol. The normalized spacial score (nSPS) is 12.8. The third-order valence-corrected chi connectivity index (χ3v) is 2.64. The molecule has 0 aliphatic carbocycles. The van der Waals surface area contributed by atoms with E-state index in [1.54, 1.807) is 6.92 Å². The van der Waals surface area contributed by atoms with Gasteiger partial charge in [-0.05, 0) is 19.8 Å². The summed E-state index contributed by atoms with van der Waals surface area (Å²) in [5, 5.41) is 6.61. The minimum atomic E-state index is -0.364. The average Bonchev–Trinajstić information content (AvgIpc) is 2.74. The van der Waals surface area contributed by atoms with Crippen LogP contribution in [0.4, 0.5) is 0 Å². The molecule has 96 valence electrons. The molecule has 0 amide bonds. The van der Waals surface area contributed by atoms with Crippen LogP contribution in [-0.4, -0.2) is 28.9 Å². The number of aromatic amines is 1. The lowest BCUT2D eigenvalue weighted by Crippen LogP contribution is -2.16. The van der Waals surface area contributed by atoms with Crippen molar-refractivity contribution >= 4 is 5.97 Å². The molecule has 0 aliphatic rings. The molecule has 0 saturated carbocycles. The maximum absolute atomic E-state index is 11.6. The van der Waals surface area contributed by atoms with E-state index < -0.39 is 0 Å². The summed E-state index contributed by atoms with van der Waals surface area (Å²) < 4.78 is 10.6. The first-order valence-electron chi connectivity index (χ1n) is 5.87. The van der Waals surface area contributed by atoms with Crippen LogP contribution < -0.4 is 0 Å². The summed E-state index contributed by atoms with van der Waals surface area (Å²) in [5.41, 5.74) is 1.11. The number of nitrogens with zero attached hydrogens (tertiary/aromatic N) is 1. The molecule has 1 unspecified atom stereocenters. The highest BCUT2D eigenvalue weighted by Gasteiger charge is 2.16. The Hall–Kier alpha value is -1.36. The van der Waals surface area contributed by atoms with E-state index >= 15 is 0 Å². The van der Waals surface area contributed by atoms with Crippen molar-refractivity contribution in [3.63, 3.8) is 0 Å². The molecule has 1 aromatic rings. The van der Waals surface area contributed by atoms with Gasteiger partial charge in [-0.25, -0.2) is 4.79 Å². The van der Waals surface area contributed by atoms with Crippen LogP contribution in [0.2, 0.25) is 0 Å². The number of ether oxygens (including phenoxy) is 2. The van der Waals surface area contributed by atoms with Crippen molar-refractivity contribution in [2.24, 2.45) is 5.92 Å². The number of rotatable bonds is 6. The highest BCUT2D eigenvalue weighted by atomic mass is 16.5. The molecule has 1 heterocycles. The lowest BCUT2D eigenvalue weighted by Gasteiger charge is -2.16. The van der Waals surface area contributed by atoms with Crippen molar-refractivity contribution in [1.82, 2.24) is 10.2 Å². The van der Waals surface area contributed by atoms with Crippen molar-refractivity contribution in [2.45, 2.75) is 40.4 Å². The Kier molecular flexibility index (Phi) is 5.15. The molecule has 0 radical (unpaired) electrons. The van der Waals surface area contributed by atoms with Crippen LogP contribution in [0.3, 0.4) is 0 Å². The van der Waals surface area contributed by atoms with Crippen molar-refractivity contribution < 1.29 is 14.3 Å². The van der Waals surface area contributed by atoms with Gasteiger partial charge in [0.1, 0.15) is 5.56 Å². The van der Waals surface area contributed by atoms with E-state index in [9.17, 15) is 4.79 Å². The van der Waals surface area contributed by atoms with Crippen molar-refractivity contribution in [2.75, 3.05) is 6.61 Å². The minimum absolute atomic E-state index is 0.133. The predicted octanol–water partition coefficient (Wildman–Crippen LogP) is 2.15. The van der Waals surface area contributed by atoms with Gasteiger partial charge in [0.25, 0.3) is 0 Å². The molecule has 0 aliphatic heterocycles. The number of aromatic nitrogens is 2. The van der Waals surface area contributed by atoms with Crippen LogP contribution in [0, 0.1) is 5.92 Å². The van der Waals surface area contributed by atoms with Gasteiger partial charge >= 0.3 is 5.97 Å².